The quantitative estimate of drug-likeness (QED) is 0.610. The lowest BCUT2D eigenvalue weighted by Crippen LogP contribution is -2.38. The summed E-state index contributed by atoms with van der Waals surface area (Å²) in [6.07, 6.45) is 8.82. The van der Waals surface area contributed by atoms with Crippen molar-refractivity contribution < 1.29 is 19.6 Å². The molecule has 0 spiro atoms. The van der Waals surface area contributed by atoms with Gasteiger partial charge < -0.3 is 14.9 Å². The SMILES string of the molecule is O=Cc1cc(C(=O)N(CC2CCCCC2)C2CC2)ccc1B(O)O. The third kappa shape index (κ3) is 3.87. The first-order valence-electron chi connectivity index (χ1n) is 8.86. The normalized spacial score (nSPS) is 18.2. The third-order valence-corrected chi connectivity index (χ3v) is 5.17. The minimum Gasteiger partial charge on any atom is -0.423 e. The summed E-state index contributed by atoms with van der Waals surface area (Å²) in [6, 6.07) is 4.83. The van der Waals surface area contributed by atoms with Gasteiger partial charge in [0.05, 0.1) is 0 Å². The molecule has 2 fully saturated rings. The van der Waals surface area contributed by atoms with E-state index >= 15 is 0 Å². The van der Waals surface area contributed by atoms with Gasteiger partial charge in [-0.3, -0.25) is 9.59 Å². The van der Waals surface area contributed by atoms with E-state index in [0.29, 0.717) is 23.8 Å². The minimum atomic E-state index is -1.71. The van der Waals surface area contributed by atoms with Crippen molar-refractivity contribution in [3.63, 3.8) is 0 Å². The first kappa shape index (κ1) is 17.2. The van der Waals surface area contributed by atoms with Crippen molar-refractivity contribution in [3.8, 4) is 0 Å². The Kier molecular flexibility index (Phi) is 5.36. The van der Waals surface area contributed by atoms with Crippen LogP contribution in [-0.2, 0) is 0 Å². The number of carbonyl (C=O) groups is 2. The van der Waals surface area contributed by atoms with Gasteiger partial charge in [-0.1, -0.05) is 25.3 Å². The molecule has 0 atom stereocenters. The first-order valence-corrected chi connectivity index (χ1v) is 8.86. The number of hydrogen-bond acceptors (Lipinski definition) is 4. The smallest absolute Gasteiger partial charge is 0.423 e. The number of rotatable bonds is 6. The molecule has 2 saturated carbocycles. The maximum atomic E-state index is 12.9. The molecule has 3 rings (SSSR count). The van der Waals surface area contributed by atoms with Gasteiger partial charge in [0, 0.05) is 23.7 Å². The van der Waals surface area contributed by atoms with E-state index in [4.69, 9.17) is 0 Å². The largest absolute Gasteiger partial charge is 0.489 e. The average Bonchev–Trinajstić information content (AvgIpc) is 3.44. The molecule has 5 nitrogen and oxygen atoms in total. The van der Waals surface area contributed by atoms with Crippen molar-refractivity contribution in [3.05, 3.63) is 29.3 Å². The van der Waals surface area contributed by atoms with Crippen LogP contribution in [0.5, 0.6) is 0 Å². The standard InChI is InChI=1S/C18H24BNO4/c21-12-15-10-14(6-9-17(15)19(23)24)18(22)20(16-7-8-16)11-13-4-2-1-3-5-13/h6,9-10,12-13,16,23-24H,1-5,7-8,11H2. The summed E-state index contributed by atoms with van der Waals surface area (Å²) in [6.45, 7) is 0.796. The van der Waals surface area contributed by atoms with Crippen LogP contribution in [0.3, 0.4) is 0 Å². The third-order valence-electron chi connectivity index (χ3n) is 5.17. The van der Waals surface area contributed by atoms with Crippen LogP contribution in [0.1, 0.15) is 65.7 Å². The van der Waals surface area contributed by atoms with Crippen LogP contribution < -0.4 is 5.46 Å². The molecule has 2 aliphatic carbocycles. The molecule has 0 saturated heterocycles. The van der Waals surface area contributed by atoms with Crippen molar-refractivity contribution in [1.29, 1.82) is 0 Å². The lowest BCUT2D eigenvalue weighted by atomic mass is 9.76. The van der Waals surface area contributed by atoms with Crippen molar-refractivity contribution in [2.24, 2.45) is 5.92 Å². The molecular weight excluding hydrogens is 305 g/mol. The Labute approximate surface area is 142 Å². The topological polar surface area (TPSA) is 77.8 Å². The highest BCUT2D eigenvalue weighted by Crippen LogP contribution is 2.32. The second-order valence-electron chi connectivity index (χ2n) is 7.03. The van der Waals surface area contributed by atoms with E-state index in [-0.39, 0.29) is 16.9 Å². The molecule has 0 unspecified atom stereocenters. The summed E-state index contributed by atoms with van der Waals surface area (Å²) in [4.78, 5) is 26.1. The Bertz CT molecular complexity index is 609. The molecule has 1 aromatic rings. The van der Waals surface area contributed by atoms with Crippen LogP contribution >= 0.6 is 0 Å². The fraction of sp³-hybridized carbons (Fsp3) is 0.556. The molecule has 6 heteroatoms. The Balaban J connectivity index is 1.78. The van der Waals surface area contributed by atoms with Gasteiger partial charge in [-0.05, 0) is 49.2 Å². The Morgan fingerprint density at radius 3 is 2.46 bits per heavy atom. The zero-order valence-corrected chi connectivity index (χ0v) is 13.9. The minimum absolute atomic E-state index is 0.0508. The van der Waals surface area contributed by atoms with Crippen molar-refractivity contribution in [1.82, 2.24) is 4.90 Å². The highest BCUT2D eigenvalue weighted by atomic mass is 16.4. The molecule has 2 aliphatic rings. The predicted octanol–water partition coefficient (Wildman–Crippen LogP) is 1.36. The number of carbonyl (C=O) groups excluding carboxylic acids is 2. The van der Waals surface area contributed by atoms with E-state index in [0.717, 1.165) is 19.4 Å². The van der Waals surface area contributed by atoms with E-state index in [2.05, 4.69) is 0 Å². The molecule has 0 bridgehead atoms. The average molecular weight is 329 g/mol. The van der Waals surface area contributed by atoms with Crippen LogP contribution in [0.4, 0.5) is 0 Å². The molecule has 0 heterocycles. The predicted molar refractivity (Wildman–Crippen MR) is 92.3 cm³/mol. The van der Waals surface area contributed by atoms with Gasteiger partial charge >= 0.3 is 7.12 Å². The Hall–Kier alpha value is -1.66. The summed E-state index contributed by atoms with van der Waals surface area (Å²) in [5, 5.41) is 18.6. The monoisotopic (exact) mass is 329 g/mol. The van der Waals surface area contributed by atoms with E-state index in [1.807, 2.05) is 4.90 Å². The second-order valence-corrected chi connectivity index (χ2v) is 7.03. The van der Waals surface area contributed by atoms with Crippen molar-refractivity contribution in [2.75, 3.05) is 6.54 Å². The van der Waals surface area contributed by atoms with Crippen LogP contribution in [0, 0.1) is 5.92 Å². The fourth-order valence-electron chi connectivity index (χ4n) is 3.64. The van der Waals surface area contributed by atoms with Crippen molar-refractivity contribution in [2.45, 2.75) is 51.0 Å². The second kappa shape index (κ2) is 7.49. The lowest BCUT2D eigenvalue weighted by Gasteiger charge is -2.30. The molecule has 0 radical (unpaired) electrons. The van der Waals surface area contributed by atoms with Crippen LogP contribution in [0.15, 0.2) is 18.2 Å². The summed E-state index contributed by atoms with van der Waals surface area (Å²) < 4.78 is 0. The Morgan fingerprint density at radius 2 is 1.88 bits per heavy atom. The molecule has 0 aliphatic heterocycles. The van der Waals surface area contributed by atoms with E-state index < -0.39 is 7.12 Å². The summed E-state index contributed by atoms with van der Waals surface area (Å²) in [5.41, 5.74) is 0.736. The summed E-state index contributed by atoms with van der Waals surface area (Å²) in [7, 11) is -1.71. The van der Waals surface area contributed by atoms with Gasteiger partial charge in [-0.25, -0.2) is 0 Å². The molecule has 0 aromatic heterocycles. The lowest BCUT2D eigenvalue weighted by molar-refractivity contribution is 0.0699. The van der Waals surface area contributed by atoms with Gasteiger partial charge in [0.2, 0.25) is 0 Å². The summed E-state index contributed by atoms with van der Waals surface area (Å²) >= 11 is 0. The summed E-state index contributed by atoms with van der Waals surface area (Å²) in [5.74, 6) is 0.525. The highest BCUT2D eigenvalue weighted by Gasteiger charge is 2.35. The van der Waals surface area contributed by atoms with Gasteiger partial charge in [0.1, 0.15) is 6.29 Å². The number of amides is 1. The molecule has 24 heavy (non-hydrogen) atoms. The van der Waals surface area contributed by atoms with Gasteiger partial charge in [-0.2, -0.15) is 0 Å². The molecule has 1 aromatic carbocycles. The fourth-order valence-corrected chi connectivity index (χ4v) is 3.64. The Morgan fingerprint density at radius 1 is 1.17 bits per heavy atom. The number of hydrogen-bond donors (Lipinski definition) is 2. The van der Waals surface area contributed by atoms with Crippen molar-refractivity contribution >= 4 is 24.8 Å². The molecule has 1 amide bonds. The molecule has 2 N–H and O–H groups in total. The molecule has 128 valence electrons. The van der Waals surface area contributed by atoms with Gasteiger partial charge in [0.15, 0.2) is 0 Å². The van der Waals surface area contributed by atoms with E-state index in [9.17, 15) is 19.6 Å². The van der Waals surface area contributed by atoms with Crippen LogP contribution in [0.25, 0.3) is 0 Å². The zero-order valence-electron chi connectivity index (χ0n) is 13.9. The molecular formula is C18H24BNO4. The van der Waals surface area contributed by atoms with Crippen LogP contribution in [-0.4, -0.2) is 46.8 Å². The first-order chi connectivity index (χ1) is 11.6. The number of aldehydes is 1. The number of benzene rings is 1. The number of nitrogens with zero attached hydrogens (tertiary/aromatic N) is 1. The van der Waals surface area contributed by atoms with Crippen LogP contribution in [0.2, 0.25) is 0 Å². The highest BCUT2D eigenvalue weighted by molar-refractivity contribution is 6.60. The maximum absolute atomic E-state index is 12.9. The van der Waals surface area contributed by atoms with Gasteiger partial charge in [0.25, 0.3) is 5.91 Å². The van der Waals surface area contributed by atoms with Gasteiger partial charge in [-0.15, -0.1) is 0 Å². The zero-order chi connectivity index (χ0) is 17.1. The van der Waals surface area contributed by atoms with E-state index in [1.165, 1.54) is 44.2 Å². The maximum Gasteiger partial charge on any atom is 0.489 e. The van der Waals surface area contributed by atoms with E-state index in [1.54, 1.807) is 6.07 Å².